The van der Waals surface area contributed by atoms with Crippen LogP contribution >= 0.6 is 0 Å². The molecule has 148 valence electrons. The Morgan fingerprint density at radius 1 is 1.29 bits per heavy atom. The van der Waals surface area contributed by atoms with Gasteiger partial charge in [0.25, 0.3) is 0 Å². The Morgan fingerprint density at radius 3 is 2.75 bits per heavy atom. The molecule has 1 fully saturated rings. The van der Waals surface area contributed by atoms with Gasteiger partial charge in [-0.2, -0.15) is 0 Å². The molecule has 3 rings (SSSR count). The number of rotatable bonds is 8. The fraction of sp³-hybridized carbons (Fsp3) is 0.389. The van der Waals surface area contributed by atoms with Crippen LogP contribution in [0.2, 0.25) is 0 Å². The summed E-state index contributed by atoms with van der Waals surface area (Å²) in [6, 6.07) is 6.72. The Hall–Kier alpha value is -3.11. The van der Waals surface area contributed by atoms with E-state index in [4.69, 9.17) is 4.74 Å². The summed E-state index contributed by atoms with van der Waals surface area (Å²) < 4.78 is 5.31. The lowest BCUT2D eigenvalue weighted by molar-refractivity contribution is -0.383. The topological polar surface area (TPSA) is 123 Å². The molecule has 0 saturated carbocycles. The molecule has 10 nitrogen and oxygen atoms in total. The van der Waals surface area contributed by atoms with Crippen molar-refractivity contribution in [1.29, 1.82) is 0 Å². The lowest BCUT2D eigenvalue weighted by Gasteiger charge is -2.26. The van der Waals surface area contributed by atoms with Gasteiger partial charge in [0.2, 0.25) is 11.6 Å². The Kier molecular flexibility index (Phi) is 6.45. The van der Waals surface area contributed by atoms with Crippen molar-refractivity contribution in [2.24, 2.45) is 0 Å². The van der Waals surface area contributed by atoms with Crippen LogP contribution in [0.25, 0.3) is 0 Å². The quantitative estimate of drug-likeness (QED) is 0.399. The van der Waals surface area contributed by atoms with Gasteiger partial charge in [-0.3, -0.25) is 19.8 Å². The predicted molar refractivity (Wildman–Crippen MR) is 104 cm³/mol. The van der Waals surface area contributed by atoms with E-state index in [0.29, 0.717) is 31.0 Å². The number of ketones is 1. The van der Waals surface area contributed by atoms with Gasteiger partial charge in [-0.1, -0.05) is 12.1 Å². The summed E-state index contributed by atoms with van der Waals surface area (Å²) >= 11 is 0. The minimum absolute atomic E-state index is 0.0644. The van der Waals surface area contributed by atoms with Crippen molar-refractivity contribution in [3.05, 3.63) is 46.3 Å². The van der Waals surface area contributed by atoms with E-state index < -0.39 is 4.92 Å². The van der Waals surface area contributed by atoms with Crippen molar-refractivity contribution in [3.63, 3.8) is 0 Å². The SMILES string of the molecule is CC(=O)c1cccc(Nc2ncnc(NCCN3CCOCC3)c2[N+](=O)[O-])c1. The summed E-state index contributed by atoms with van der Waals surface area (Å²) in [5.74, 6) is 0.124. The maximum atomic E-state index is 11.6. The summed E-state index contributed by atoms with van der Waals surface area (Å²) in [4.78, 5) is 32.9. The first-order chi connectivity index (χ1) is 13.5. The maximum Gasteiger partial charge on any atom is 0.353 e. The van der Waals surface area contributed by atoms with E-state index >= 15 is 0 Å². The minimum atomic E-state index is -0.520. The number of nitro groups is 1. The number of Topliss-reactive ketones (excluding diaryl/α,β-unsaturated/α-hetero) is 1. The third-order valence-corrected chi connectivity index (χ3v) is 4.36. The molecule has 1 aromatic heterocycles. The molecule has 10 heteroatoms. The Labute approximate surface area is 162 Å². The summed E-state index contributed by atoms with van der Waals surface area (Å²) in [6.07, 6.45) is 1.27. The first-order valence-corrected chi connectivity index (χ1v) is 8.96. The number of aromatic nitrogens is 2. The molecular weight excluding hydrogens is 364 g/mol. The zero-order valence-electron chi connectivity index (χ0n) is 15.6. The van der Waals surface area contributed by atoms with Crippen LogP contribution < -0.4 is 10.6 Å². The number of morpholine rings is 1. The molecule has 0 bridgehead atoms. The van der Waals surface area contributed by atoms with Crippen molar-refractivity contribution in [1.82, 2.24) is 14.9 Å². The first kappa shape index (κ1) is 19.6. The van der Waals surface area contributed by atoms with Crippen molar-refractivity contribution in [3.8, 4) is 0 Å². The molecule has 1 aromatic carbocycles. The summed E-state index contributed by atoms with van der Waals surface area (Å²) in [5, 5.41) is 17.6. The second-order valence-electron chi connectivity index (χ2n) is 6.32. The Bertz CT molecular complexity index is 854. The number of anilines is 3. The molecule has 2 heterocycles. The first-order valence-electron chi connectivity index (χ1n) is 8.96. The van der Waals surface area contributed by atoms with Crippen molar-refractivity contribution < 1.29 is 14.5 Å². The second kappa shape index (κ2) is 9.20. The van der Waals surface area contributed by atoms with Crippen LogP contribution in [-0.4, -0.2) is 65.0 Å². The fourth-order valence-corrected chi connectivity index (χ4v) is 2.88. The molecule has 28 heavy (non-hydrogen) atoms. The highest BCUT2D eigenvalue weighted by Crippen LogP contribution is 2.31. The normalized spacial score (nSPS) is 14.5. The van der Waals surface area contributed by atoms with Gasteiger partial charge in [0.1, 0.15) is 6.33 Å². The summed E-state index contributed by atoms with van der Waals surface area (Å²) in [7, 11) is 0. The number of carbonyl (C=O) groups excluding carboxylic acids is 1. The molecule has 0 atom stereocenters. The van der Waals surface area contributed by atoms with E-state index in [1.54, 1.807) is 24.3 Å². The number of carbonyl (C=O) groups is 1. The van der Waals surface area contributed by atoms with E-state index in [1.807, 2.05) is 0 Å². The molecule has 1 saturated heterocycles. The van der Waals surface area contributed by atoms with Crippen LogP contribution in [0.1, 0.15) is 17.3 Å². The lowest BCUT2D eigenvalue weighted by Crippen LogP contribution is -2.39. The summed E-state index contributed by atoms with van der Waals surface area (Å²) in [5.41, 5.74) is 0.803. The average molecular weight is 386 g/mol. The zero-order valence-corrected chi connectivity index (χ0v) is 15.6. The van der Waals surface area contributed by atoms with Gasteiger partial charge in [-0.15, -0.1) is 0 Å². The van der Waals surface area contributed by atoms with Crippen LogP contribution in [0.15, 0.2) is 30.6 Å². The molecule has 0 spiro atoms. The Morgan fingerprint density at radius 2 is 2.04 bits per heavy atom. The van der Waals surface area contributed by atoms with E-state index in [2.05, 4.69) is 25.5 Å². The summed E-state index contributed by atoms with van der Waals surface area (Å²) in [6.45, 7) is 5.77. The molecule has 2 N–H and O–H groups in total. The number of hydrogen-bond acceptors (Lipinski definition) is 9. The lowest BCUT2D eigenvalue weighted by atomic mass is 10.1. The van der Waals surface area contributed by atoms with E-state index in [0.717, 1.165) is 19.6 Å². The molecule has 1 aliphatic rings. The van der Waals surface area contributed by atoms with Crippen LogP contribution in [0, 0.1) is 10.1 Å². The van der Waals surface area contributed by atoms with Gasteiger partial charge in [0, 0.05) is 37.4 Å². The number of nitrogens with zero attached hydrogens (tertiary/aromatic N) is 4. The number of nitrogens with one attached hydrogen (secondary N) is 2. The van der Waals surface area contributed by atoms with Gasteiger partial charge in [-0.25, -0.2) is 9.97 Å². The van der Waals surface area contributed by atoms with Crippen LogP contribution in [0.5, 0.6) is 0 Å². The number of hydrogen-bond donors (Lipinski definition) is 2. The van der Waals surface area contributed by atoms with Crippen LogP contribution in [-0.2, 0) is 4.74 Å². The molecule has 1 aliphatic heterocycles. The number of benzene rings is 1. The highest BCUT2D eigenvalue weighted by atomic mass is 16.6. The smallest absolute Gasteiger partial charge is 0.353 e. The minimum Gasteiger partial charge on any atom is -0.379 e. The van der Waals surface area contributed by atoms with Crippen LogP contribution in [0.4, 0.5) is 23.0 Å². The largest absolute Gasteiger partial charge is 0.379 e. The highest BCUT2D eigenvalue weighted by molar-refractivity contribution is 5.95. The predicted octanol–water partition coefficient (Wildman–Crippen LogP) is 2.08. The van der Waals surface area contributed by atoms with Gasteiger partial charge in [0.05, 0.1) is 18.1 Å². The molecule has 0 amide bonds. The third-order valence-electron chi connectivity index (χ3n) is 4.36. The molecule has 2 aromatic rings. The van der Waals surface area contributed by atoms with Gasteiger partial charge in [-0.05, 0) is 19.1 Å². The van der Waals surface area contributed by atoms with Crippen LogP contribution in [0.3, 0.4) is 0 Å². The van der Waals surface area contributed by atoms with E-state index in [1.165, 1.54) is 13.3 Å². The maximum absolute atomic E-state index is 11.6. The Balaban J connectivity index is 1.74. The van der Waals surface area contributed by atoms with Gasteiger partial charge >= 0.3 is 5.69 Å². The van der Waals surface area contributed by atoms with E-state index in [9.17, 15) is 14.9 Å². The fourth-order valence-electron chi connectivity index (χ4n) is 2.88. The average Bonchev–Trinajstić information content (AvgIpc) is 2.69. The van der Waals surface area contributed by atoms with Crippen molar-refractivity contribution in [2.45, 2.75) is 6.92 Å². The molecular formula is C18H22N6O4. The van der Waals surface area contributed by atoms with Crippen molar-refractivity contribution in [2.75, 3.05) is 50.0 Å². The number of ether oxygens (including phenoxy) is 1. The molecule has 0 aliphatic carbocycles. The third kappa shape index (κ3) is 4.99. The second-order valence-corrected chi connectivity index (χ2v) is 6.32. The highest BCUT2D eigenvalue weighted by Gasteiger charge is 2.23. The van der Waals surface area contributed by atoms with E-state index in [-0.39, 0.29) is 23.1 Å². The monoisotopic (exact) mass is 386 g/mol. The van der Waals surface area contributed by atoms with Gasteiger partial charge < -0.3 is 15.4 Å². The standard InChI is InChI=1S/C18H22N6O4/c1-13(25)14-3-2-4-15(11-14)22-18-16(24(26)27)17(20-12-21-18)19-5-6-23-7-9-28-10-8-23/h2-4,11-12H,5-10H2,1H3,(H2,19,20,21,22). The molecule has 0 unspecified atom stereocenters. The zero-order chi connectivity index (χ0) is 19.9. The molecule has 0 radical (unpaired) electrons. The van der Waals surface area contributed by atoms with Gasteiger partial charge in [0.15, 0.2) is 5.78 Å². The van der Waals surface area contributed by atoms with Crippen molar-refractivity contribution >= 4 is 28.8 Å².